The van der Waals surface area contributed by atoms with Crippen LogP contribution in [-0.4, -0.2) is 25.7 Å². The van der Waals surface area contributed by atoms with Crippen molar-refractivity contribution < 1.29 is 21.9 Å². The molecule has 6 nitrogen and oxygen atoms in total. The number of halogens is 2. The number of benzene rings is 2. The van der Waals surface area contributed by atoms with Gasteiger partial charge in [-0.15, -0.1) is 10.2 Å². The number of anilines is 1. The molecule has 9 heteroatoms. The van der Waals surface area contributed by atoms with Gasteiger partial charge in [-0.25, -0.2) is 17.2 Å². The monoisotopic (exact) mass is 377 g/mol. The molecule has 0 saturated carbocycles. The molecule has 0 radical (unpaired) electrons. The number of sulfonamides is 1. The van der Waals surface area contributed by atoms with E-state index in [9.17, 15) is 17.2 Å². The van der Waals surface area contributed by atoms with Gasteiger partial charge in [0.05, 0.1) is 12.8 Å². The number of ether oxygens (including phenoxy) is 1. The smallest absolute Gasteiger partial charge is 0.264 e. The van der Waals surface area contributed by atoms with Gasteiger partial charge in [0, 0.05) is 17.3 Å². The zero-order valence-corrected chi connectivity index (χ0v) is 14.3. The standard InChI is InChI=1S/C17H13F2N3O3S/c1-25-17-9-8-15(20-21-17)11-2-5-13(6-3-11)22-26(23,24)16-10-12(18)4-7-14(16)19/h2-10,22H,1H3. The van der Waals surface area contributed by atoms with Crippen LogP contribution >= 0.6 is 0 Å². The van der Waals surface area contributed by atoms with Crippen LogP contribution in [0.4, 0.5) is 14.5 Å². The van der Waals surface area contributed by atoms with Crippen molar-refractivity contribution in [1.82, 2.24) is 10.2 Å². The van der Waals surface area contributed by atoms with Crippen LogP contribution in [0.1, 0.15) is 0 Å². The second-order valence-electron chi connectivity index (χ2n) is 5.22. The number of hydrogen-bond donors (Lipinski definition) is 1. The molecule has 0 saturated heterocycles. The van der Waals surface area contributed by atoms with Crippen molar-refractivity contribution in [1.29, 1.82) is 0 Å². The van der Waals surface area contributed by atoms with E-state index in [-0.39, 0.29) is 5.69 Å². The summed E-state index contributed by atoms with van der Waals surface area (Å²) in [7, 11) is -2.78. The van der Waals surface area contributed by atoms with Gasteiger partial charge in [-0.2, -0.15) is 0 Å². The molecule has 0 fully saturated rings. The van der Waals surface area contributed by atoms with E-state index in [1.165, 1.54) is 19.2 Å². The lowest BCUT2D eigenvalue weighted by Crippen LogP contribution is -2.14. The predicted octanol–water partition coefficient (Wildman–Crippen LogP) is 3.23. The van der Waals surface area contributed by atoms with E-state index < -0.39 is 26.6 Å². The van der Waals surface area contributed by atoms with E-state index >= 15 is 0 Å². The Hall–Kier alpha value is -3.07. The predicted molar refractivity (Wildman–Crippen MR) is 91.2 cm³/mol. The Morgan fingerprint density at radius 3 is 2.31 bits per heavy atom. The van der Waals surface area contributed by atoms with E-state index in [0.29, 0.717) is 23.2 Å². The number of nitrogens with zero attached hydrogens (tertiary/aromatic N) is 2. The summed E-state index contributed by atoms with van der Waals surface area (Å²) < 4.78 is 58.6. The molecule has 0 aliphatic rings. The molecule has 0 amide bonds. The molecule has 0 bridgehead atoms. The Balaban J connectivity index is 1.83. The van der Waals surface area contributed by atoms with Crippen LogP contribution in [0.3, 0.4) is 0 Å². The lowest BCUT2D eigenvalue weighted by Gasteiger charge is -2.09. The Labute approximate surface area is 148 Å². The van der Waals surface area contributed by atoms with Crippen LogP contribution in [0.2, 0.25) is 0 Å². The summed E-state index contributed by atoms with van der Waals surface area (Å²) in [6.07, 6.45) is 0. The highest BCUT2D eigenvalue weighted by atomic mass is 32.2. The Bertz CT molecular complexity index is 1020. The number of rotatable bonds is 5. The molecule has 1 aromatic heterocycles. The second-order valence-corrected chi connectivity index (χ2v) is 6.87. The lowest BCUT2D eigenvalue weighted by atomic mass is 10.1. The van der Waals surface area contributed by atoms with Gasteiger partial charge in [-0.05, 0) is 36.4 Å². The van der Waals surface area contributed by atoms with Gasteiger partial charge in [0.25, 0.3) is 10.0 Å². The maximum atomic E-state index is 13.7. The van der Waals surface area contributed by atoms with Crippen molar-refractivity contribution >= 4 is 15.7 Å². The second kappa shape index (κ2) is 7.04. The highest BCUT2D eigenvalue weighted by molar-refractivity contribution is 7.92. The molecule has 3 rings (SSSR count). The number of nitrogens with one attached hydrogen (secondary N) is 1. The Morgan fingerprint density at radius 2 is 1.69 bits per heavy atom. The van der Waals surface area contributed by atoms with Crippen LogP contribution < -0.4 is 9.46 Å². The van der Waals surface area contributed by atoms with Gasteiger partial charge in [0.1, 0.15) is 16.5 Å². The molecular weight excluding hydrogens is 364 g/mol. The molecule has 134 valence electrons. The molecule has 1 heterocycles. The molecular formula is C17H13F2N3O3S. The average Bonchev–Trinajstić information content (AvgIpc) is 2.64. The molecule has 1 N–H and O–H groups in total. The van der Waals surface area contributed by atoms with Gasteiger partial charge >= 0.3 is 0 Å². The fourth-order valence-electron chi connectivity index (χ4n) is 2.19. The van der Waals surface area contributed by atoms with Gasteiger partial charge < -0.3 is 4.74 Å². The number of methoxy groups -OCH3 is 1. The van der Waals surface area contributed by atoms with E-state index in [4.69, 9.17) is 4.74 Å². The highest BCUT2D eigenvalue weighted by Gasteiger charge is 2.20. The minimum absolute atomic E-state index is 0.193. The molecule has 0 aliphatic carbocycles. The summed E-state index contributed by atoms with van der Waals surface area (Å²) in [5.41, 5.74) is 1.45. The van der Waals surface area contributed by atoms with E-state index in [1.807, 2.05) is 0 Å². The Kier molecular flexibility index (Phi) is 4.81. The zero-order chi connectivity index (χ0) is 18.7. The van der Waals surface area contributed by atoms with Crippen molar-refractivity contribution in [3.8, 4) is 17.1 Å². The van der Waals surface area contributed by atoms with Gasteiger partial charge in [0.15, 0.2) is 0 Å². The van der Waals surface area contributed by atoms with Crippen molar-refractivity contribution in [3.63, 3.8) is 0 Å². The molecule has 26 heavy (non-hydrogen) atoms. The van der Waals surface area contributed by atoms with Crippen molar-refractivity contribution in [2.75, 3.05) is 11.8 Å². The number of hydrogen-bond acceptors (Lipinski definition) is 5. The fourth-order valence-corrected chi connectivity index (χ4v) is 3.33. The quantitative estimate of drug-likeness (QED) is 0.738. The SMILES string of the molecule is COc1ccc(-c2ccc(NS(=O)(=O)c3cc(F)ccc3F)cc2)nn1. The van der Waals surface area contributed by atoms with Crippen LogP contribution in [0.15, 0.2) is 59.5 Å². The third kappa shape index (κ3) is 3.77. The third-order valence-corrected chi connectivity index (χ3v) is 4.86. The van der Waals surface area contributed by atoms with E-state index in [1.54, 1.807) is 24.3 Å². The summed E-state index contributed by atoms with van der Waals surface area (Å²) in [6, 6.07) is 11.8. The van der Waals surface area contributed by atoms with Gasteiger partial charge in [-0.1, -0.05) is 12.1 Å². The normalized spacial score (nSPS) is 11.2. The average molecular weight is 377 g/mol. The first-order chi connectivity index (χ1) is 12.4. The minimum atomic E-state index is -4.26. The van der Waals surface area contributed by atoms with Gasteiger partial charge in [-0.3, -0.25) is 4.72 Å². The minimum Gasteiger partial charge on any atom is -0.480 e. The first-order valence-corrected chi connectivity index (χ1v) is 8.83. The molecule has 0 aliphatic heterocycles. The van der Waals surface area contributed by atoms with Crippen LogP contribution in [0, 0.1) is 11.6 Å². The zero-order valence-electron chi connectivity index (χ0n) is 13.5. The lowest BCUT2D eigenvalue weighted by molar-refractivity contribution is 0.392. The highest BCUT2D eigenvalue weighted by Crippen LogP contribution is 2.23. The van der Waals surface area contributed by atoms with E-state index in [0.717, 1.165) is 12.1 Å². The topological polar surface area (TPSA) is 81.2 Å². The molecule has 3 aromatic rings. The summed E-state index contributed by atoms with van der Waals surface area (Å²) >= 11 is 0. The van der Waals surface area contributed by atoms with E-state index in [2.05, 4.69) is 14.9 Å². The van der Waals surface area contributed by atoms with Crippen LogP contribution in [-0.2, 0) is 10.0 Å². The summed E-state index contributed by atoms with van der Waals surface area (Å²) in [4.78, 5) is -0.761. The van der Waals surface area contributed by atoms with Crippen molar-refractivity contribution in [3.05, 3.63) is 66.2 Å². The summed E-state index contributed by atoms with van der Waals surface area (Å²) in [5, 5.41) is 7.84. The molecule has 0 unspecified atom stereocenters. The van der Waals surface area contributed by atoms with Crippen molar-refractivity contribution in [2.45, 2.75) is 4.90 Å². The third-order valence-electron chi connectivity index (χ3n) is 3.46. The maximum Gasteiger partial charge on any atom is 0.264 e. The Morgan fingerprint density at radius 1 is 0.962 bits per heavy atom. The van der Waals surface area contributed by atoms with Crippen LogP contribution in [0.5, 0.6) is 5.88 Å². The van der Waals surface area contributed by atoms with Gasteiger partial charge in [0.2, 0.25) is 5.88 Å². The molecule has 0 atom stereocenters. The summed E-state index contributed by atoms with van der Waals surface area (Å²) in [5.74, 6) is -1.51. The molecule has 0 spiro atoms. The summed E-state index contributed by atoms with van der Waals surface area (Å²) in [6.45, 7) is 0. The molecule has 2 aromatic carbocycles. The first-order valence-electron chi connectivity index (χ1n) is 7.35. The number of aromatic nitrogens is 2. The van der Waals surface area contributed by atoms with Crippen LogP contribution in [0.25, 0.3) is 11.3 Å². The van der Waals surface area contributed by atoms with Crippen molar-refractivity contribution in [2.24, 2.45) is 0 Å². The largest absolute Gasteiger partial charge is 0.480 e. The first kappa shape index (κ1) is 17.7. The maximum absolute atomic E-state index is 13.7. The fraction of sp³-hybridized carbons (Fsp3) is 0.0588.